The summed E-state index contributed by atoms with van der Waals surface area (Å²) in [6, 6.07) is 4.18. The summed E-state index contributed by atoms with van der Waals surface area (Å²) in [5.74, 6) is 0.496. The fraction of sp³-hybridized carbons (Fsp3) is 0.476. The Labute approximate surface area is 183 Å². The Morgan fingerprint density at radius 2 is 2.26 bits per heavy atom. The summed E-state index contributed by atoms with van der Waals surface area (Å²) in [5.41, 5.74) is 2.33. The van der Waals surface area contributed by atoms with Gasteiger partial charge in [0.05, 0.1) is 11.3 Å². The van der Waals surface area contributed by atoms with Crippen molar-refractivity contribution in [2.45, 2.75) is 45.2 Å². The fourth-order valence-electron chi connectivity index (χ4n) is 4.41. The third-order valence-corrected chi connectivity index (χ3v) is 6.94. The molecule has 3 aromatic rings. The zero-order chi connectivity index (χ0) is 21.4. The first-order chi connectivity index (χ1) is 15.1. The minimum Gasteiger partial charge on any atom is -0.336 e. The first-order valence-corrected chi connectivity index (χ1v) is 11.4. The van der Waals surface area contributed by atoms with Crippen molar-refractivity contribution < 1.29 is 9.42 Å². The lowest BCUT2D eigenvalue weighted by Crippen LogP contribution is -2.41. The van der Waals surface area contributed by atoms with E-state index in [1.54, 1.807) is 23.2 Å². The molecule has 5 heterocycles. The van der Waals surface area contributed by atoms with Gasteiger partial charge in [0, 0.05) is 49.9 Å². The number of rotatable bonds is 4. The van der Waals surface area contributed by atoms with E-state index in [1.807, 2.05) is 0 Å². The normalized spacial score (nSPS) is 19.4. The number of hydrogen-bond acceptors (Lipinski definition) is 8. The van der Waals surface area contributed by atoms with Crippen LogP contribution in [0.15, 0.2) is 26.9 Å². The van der Waals surface area contributed by atoms with Crippen molar-refractivity contribution in [3.05, 3.63) is 61.2 Å². The molecule has 5 rings (SSSR count). The summed E-state index contributed by atoms with van der Waals surface area (Å²) in [5, 5.41) is 9.52. The van der Waals surface area contributed by atoms with E-state index in [2.05, 4.69) is 42.3 Å². The molecule has 0 spiro atoms. The van der Waals surface area contributed by atoms with Crippen molar-refractivity contribution in [2.75, 3.05) is 19.6 Å². The molecule has 3 aromatic heterocycles. The third-order valence-electron chi connectivity index (χ3n) is 6.08. The molecule has 1 fully saturated rings. The van der Waals surface area contributed by atoms with Crippen molar-refractivity contribution >= 4 is 17.2 Å². The first kappa shape index (κ1) is 20.1. The maximum absolute atomic E-state index is 12.9. The molecule has 1 N–H and O–H groups in total. The molecule has 0 aromatic carbocycles. The predicted molar refractivity (Wildman–Crippen MR) is 114 cm³/mol. The number of aryl methyl sites for hydroxylation is 1. The van der Waals surface area contributed by atoms with Gasteiger partial charge in [0.1, 0.15) is 11.5 Å². The molecule has 2 aliphatic heterocycles. The highest BCUT2D eigenvalue weighted by Crippen LogP contribution is 2.27. The monoisotopic (exact) mass is 440 g/mol. The van der Waals surface area contributed by atoms with Crippen LogP contribution >= 0.6 is 11.3 Å². The standard InChI is InChI=1S/C21H24N6O3S/c1-13-18(25-30-24-13)21(29)27-7-2-4-14(10-27)19-22-17-6-8-26(11-15-5-3-9-31-15)12-16(17)20(28)23-19/h3,5,9,14H,2,4,6-8,10-12H2,1H3,(H,22,23,28)/t14-/m1/s1. The number of nitrogens with one attached hydrogen (secondary N) is 1. The number of likely N-dealkylation sites (tertiary alicyclic amines) is 1. The van der Waals surface area contributed by atoms with E-state index in [0.717, 1.165) is 43.6 Å². The molecular weight excluding hydrogens is 416 g/mol. The first-order valence-electron chi connectivity index (χ1n) is 10.5. The highest BCUT2D eigenvalue weighted by atomic mass is 32.1. The average Bonchev–Trinajstić information content (AvgIpc) is 3.45. The highest BCUT2D eigenvalue weighted by Gasteiger charge is 2.31. The molecule has 1 atom stereocenters. The number of hydrogen-bond donors (Lipinski definition) is 1. The van der Waals surface area contributed by atoms with Gasteiger partial charge in [-0.25, -0.2) is 9.61 Å². The number of thiophene rings is 1. The van der Waals surface area contributed by atoms with Crippen LogP contribution in [0.4, 0.5) is 0 Å². The van der Waals surface area contributed by atoms with Gasteiger partial charge in [0.25, 0.3) is 11.5 Å². The van der Waals surface area contributed by atoms with Gasteiger partial charge in [-0.1, -0.05) is 11.2 Å². The molecule has 10 heteroatoms. The second kappa shape index (κ2) is 8.35. The lowest BCUT2D eigenvalue weighted by Gasteiger charge is -2.32. The maximum atomic E-state index is 12.9. The van der Waals surface area contributed by atoms with E-state index in [9.17, 15) is 9.59 Å². The molecule has 2 aliphatic rings. The van der Waals surface area contributed by atoms with Crippen LogP contribution in [-0.2, 0) is 19.5 Å². The van der Waals surface area contributed by atoms with Gasteiger partial charge in [-0.3, -0.25) is 14.5 Å². The van der Waals surface area contributed by atoms with Gasteiger partial charge in [-0.2, -0.15) is 0 Å². The average molecular weight is 441 g/mol. The summed E-state index contributed by atoms with van der Waals surface area (Å²) in [6.07, 6.45) is 2.49. The number of aromatic amines is 1. The lowest BCUT2D eigenvalue weighted by molar-refractivity contribution is 0.0692. The van der Waals surface area contributed by atoms with Crippen LogP contribution in [-0.4, -0.2) is 55.6 Å². The molecular formula is C21H24N6O3S. The van der Waals surface area contributed by atoms with Crippen molar-refractivity contribution in [3.8, 4) is 0 Å². The summed E-state index contributed by atoms with van der Waals surface area (Å²) < 4.78 is 4.68. The number of aromatic nitrogens is 4. The van der Waals surface area contributed by atoms with Gasteiger partial charge >= 0.3 is 0 Å². The minimum atomic E-state index is -0.187. The Morgan fingerprint density at radius 1 is 1.35 bits per heavy atom. The molecule has 1 saturated heterocycles. The van der Waals surface area contributed by atoms with Crippen molar-refractivity contribution in [1.82, 2.24) is 30.1 Å². The van der Waals surface area contributed by atoms with Crippen molar-refractivity contribution in [1.29, 1.82) is 0 Å². The maximum Gasteiger partial charge on any atom is 0.278 e. The zero-order valence-electron chi connectivity index (χ0n) is 17.3. The molecule has 31 heavy (non-hydrogen) atoms. The van der Waals surface area contributed by atoms with Crippen LogP contribution in [0.25, 0.3) is 0 Å². The van der Waals surface area contributed by atoms with E-state index in [1.165, 1.54) is 4.88 Å². The molecule has 1 amide bonds. The van der Waals surface area contributed by atoms with Crippen molar-refractivity contribution in [3.63, 3.8) is 0 Å². The Kier molecular flexibility index (Phi) is 5.41. The largest absolute Gasteiger partial charge is 0.336 e. The van der Waals surface area contributed by atoms with Gasteiger partial charge in [0.2, 0.25) is 0 Å². The Hall–Kier alpha value is -2.85. The SMILES string of the molecule is Cc1nonc1C(=O)N1CCC[C@@H](c2nc3c(c(=O)[nH]2)CN(Cc2cccs2)CC3)C1. The van der Waals surface area contributed by atoms with Crippen LogP contribution in [0.1, 0.15) is 56.9 Å². The Bertz CT molecular complexity index is 1140. The number of H-pyrrole nitrogens is 1. The van der Waals surface area contributed by atoms with Gasteiger partial charge in [-0.15, -0.1) is 11.3 Å². The summed E-state index contributed by atoms with van der Waals surface area (Å²) in [6.45, 7) is 5.20. The number of fused-ring (bicyclic) bond motifs is 1. The second-order valence-electron chi connectivity index (χ2n) is 8.20. The van der Waals surface area contributed by atoms with Crippen LogP contribution in [0, 0.1) is 6.92 Å². The summed E-state index contributed by atoms with van der Waals surface area (Å²) in [4.78, 5) is 38.9. The quantitative estimate of drug-likeness (QED) is 0.662. The molecule has 0 radical (unpaired) electrons. The van der Waals surface area contributed by atoms with Crippen molar-refractivity contribution in [2.24, 2.45) is 0 Å². The number of amides is 1. The van der Waals surface area contributed by atoms with Crippen LogP contribution in [0.5, 0.6) is 0 Å². The predicted octanol–water partition coefficient (Wildman–Crippen LogP) is 2.10. The smallest absolute Gasteiger partial charge is 0.278 e. The Balaban J connectivity index is 1.32. The van der Waals surface area contributed by atoms with Crippen LogP contribution in [0.2, 0.25) is 0 Å². The molecule has 0 unspecified atom stereocenters. The molecule has 9 nitrogen and oxygen atoms in total. The molecule has 0 bridgehead atoms. The highest BCUT2D eigenvalue weighted by molar-refractivity contribution is 7.09. The number of carbonyl (C=O) groups excluding carboxylic acids is 1. The van der Waals surface area contributed by atoms with Crippen LogP contribution in [0.3, 0.4) is 0 Å². The summed E-state index contributed by atoms with van der Waals surface area (Å²) in [7, 11) is 0. The van der Waals surface area contributed by atoms with E-state index < -0.39 is 0 Å². The molecule has 162 valence electrons. The molecule has 0 aliphatic carbocycles. The topological polar surface area (TPSA) is 108 Å². The van der Waals surface area contributed by atoms with E-state index in [4.69, 9.17) is 4.98 Å². The molecule has 0 saturated carbocycles. The van der Waals surface area contributed by atoms with Gasteiger partial charge < -0.3 is 9.88 Å². The number of piperidine rings is 1. The van der Waals surface area contributed by atoms with Crippen LogP contribution < -0.4 is 5.56 Å². The summed E-state index contributed by atoms with van der Waals surface area (Å²) >= 11 is 1.74. The Morgan fingerprint density at radius 3 is 3.03 bits per heavy atom. The zero-order valence-corrected chi connectivity index (χ0v) is 18.2. The number of carbonyl (C=O) groups is 1. The fourth-order valence-corrected chi connectivity index (χ4v) is 5.16. The van der Waals surface area contributed by atoms with E-state index in [-0.39, 0.29) is 23.1 Å². The van der Waals surface area contributed by atoms with Gasteiger partial charge in [0.15, 0.2) is 5.69 Å². The third kappa shape index (κ3) is 4.05. The number of nitrogens with zero attached hydrogens (tertiary/aromatic N) is 5. The lowest BCUT2D eigenvalue weighted by atomic mass is 9.96. The minimum absolute atomic E-state index is 0.0000136. The van der Waals surface area contributed by atoms with E-state index >= 15 is 0 Å². The van der Waals surface area contributed by atoms with E-state index in [0.29, 0.717) is 31.2 Å². The second-order valence-corrected chi connectivity index (χ2v) is 9.24. The van der Waals surface area contributed by atoms with Gasteiger partial charge in [-0.05, 0) is 36.4 Å².